The van der Waals surface area contributed by atoms with E-state index in [1.165, 1.54) is 12.8 Å². The number of hydrogen-bond acceptors (Lipinski definition) is 3. The second kappa shape index (κ2) is 5.00. The molecule has 0 saturated heterocycles. The van der Waals surface area contributed by atoms with Gasteiger partial charge in [0.15, 0.2) is 0 Å². The number of ether oxygens (including phenoxy) is 1. The van der Waals surface area contributed by atoms with Gasteiger partial charge < -0.3 is 9.72 Å². The minimum absolute atomic E-state index is 0.0136. The third-order valence-corrected chi connectivity index (χ3v) is 3.26. The van der Waals surface area contributed by atoms with Crippen molar-refractivity contribution in [3.63, 3.8) is 0 Å². The standard InChI is InChI=1S/C13H20N2O2/c1-4-10-8(3)14-12(15-13(10)16)11(17-5-2)9-6-7-9/h9,11H,4-7H2,1-3H3,(H,14,15,16). The van der Waals surface area contributed by atoms with Crippen molar-refractivity contribution in [2.45, 2.75) is 46.1 Å². The van der Waals surface area contributed by atoms with E-state index in [9.17, 15) is 4.79 Å². The summed E-state index contributed by atoms with van der Waals surface area (Å²) >= 11 is 0. The summed E-state index contributed by atoms with van der Waals surface area (Å²) in [5, 5.41) is 0. The first-order valence-corrected chi connectivity index (χ1v) is 6.38. The van der Waals surface area contributed by atoms with Gasteiger partial charge in [-0.25, -0.2) is 4.98 Å². The number of aromatic nitrogens is 2. The van der Waals surface area contributed by atoms with Crippen molar-refractivity contribution >= 4 is 0 Å². The Morgan fingerprint density at radius 1 is 1.47 bits per heavy atom. The second-order valence-corrected chi connectivity index (χ2v) is 4.58. The summed E-state index contributed by atoms with van der Waals surface area (Å²) in [5.41, 5.74) is 1.59. The first-order chi connectivity index (χ1) is 8.17. The van der Waals surface area contributed by atoms with E-state index in [0.29, 0.717) is 18.3 Å². The molecule has 0 aromatic carbocycles. The molecule has 0 spiro atoms. The zero-order valence-electron chi connectivity index (χ0n) is 10.7. The molecule has 1 fully saturated rings. The number of aryl methyl sites for hydroxylation is 1. The van der Waals surface area contributed by atoms with Crippen molar-refractivity contribution in [3.05, 3.63) is 27.4 Å². The molecule has 0 amide bonds. The maximum Gasteiger partial charge on any atom is 0.254 e. The molecule has 17 heavy (non-hydrogen) atoms. The fourth-order valence-electron chi connectivity index (χ4n) is 2.20. The van der Waals surface area contributed by atoms with Gasteiger partial charge in [0.1, 0.15) is 11.9 Å². The van der Waals surface area contributed by atoms with E-state index in [4.69, 9.17) is 4.74 Å². The molecule has 1 N–H and O–H groups in total. The van der Waals surface area contributed by atoms with E-state index >= 15 is 0 Å². The average molecular weight is 236 g/mol. The SMILES string of the molecule is CCOC(c1nc(C)c(CC)c(=O)[nH]1)C1CC1. The smallest absolute Gasteiger partial charge is 0.254 e. The zero-order chi connectivity index (χ0) is 12.4. The number of nitrogens with zero attached hydrogens (tertiary/aromatic N) is 1. The summed E-state index contributed by atoms with van der Waals surface area (Å²) in [6.07, 6.45) is 3.03. The predicted octanol–water partition coefficient (Wildman–Crippen LogP) is 2.13. The Bertz CT molecular complexity index is 449. The highest BCUT2D eigenvalue weighted by atomic mass is 16.5. The Hall–Kier alpha value is -1.16. The van der Waals surface area contributed by atoms with E-state index in [1.807, 2.05) is 20.8 Å². The number of hydrogen-bond donors (Lipinski definition) is 1. The molecular formula is C13H20N2O2. The van der Waals surface area contributed by atoms with Crippen molar-refractivity contribution in [2.75, 3.05) is 6.61 Å². The lowest BCUT2D eigenvalue weighted by molar-refractivity contribution is 0.0397. The second-order valence-electron chi connectivity index (χ2n) is 4.58. The number of nitrogens with one attached hydrogen (secondary N) is 1. The molecule has 1 atom stereocenters. The monoisotopic (exact) mass is 236 g/mol. The van der Waals surface area contributed by atoms with Crippen LogP contribution in [0.4, 0.5) is 0 Å². The highest BCUT2D eigenvalue weighted by Gasteiger charge is 2.34. The van der Waals surface area contributed by atoms with E-state index < -0.39 is 0 Å². The zero-order valence-corrected chi connectivity index (χ0v) is 10.7. The number of aromatic amines is 1. The lowest BCUT2D eigenvalue weighted by atomic mass is 10.1. The van der Waals surface area contributed by atoms with Crippen LogP contribution in [0.1, 0.15) is 49.9 Å². The van der Waals surface area contributed by atoms with Gasteiger partial charge >= 0.3 is 0 Å². The van der Waals surface area contributed by atoms with E-state index in [0.717, 1.165) is 17.7 Å². The van der Waals surface area contributed by atoms with Crippen LogP contribution in [0.15, 0.2) is 4.79 Å². The van der Waals surface area contributed by atoms with Gasteiger partial charge in [-0.1, -0.05) is 6.92 Å². The van der Waals surface area contributed by atoms with Crippen LogP contribution in [0.5, 0.6) is 0 Å². The average Bonchev–Trinajstić information content (AvgIpc) is 3.09. The van der Waals surface area contributed by atoms with Crippen molar-refractivity contribution in [3.8, 4) is 0 Å². The summed E-state index contributed by atoms with van der Waals surface area (Å²) in [6.45, 7) is 6.49. The topological polar surface area (TPSA) is 55.0 Å². The molecule has 2 rings (SSSR count). The Morgan fingerprint density at radius 3 is 2.65 bits per heavy atom. The maximum absolute atomic E-state index is 11.9. The van der Waals surface area contributed by atoms with Crippen LogP contribution in [0.2, 0.25) is 0 Å². The van der Waals surface area contributed by atoms with E-state index in [1.54, 1.807) is 0 Å². The fourth-order valence-corrected chi connectivity index (χ4v) is 2.20. The van der Waals surface area contributed by atoms with Gasteiger partial charge in [-0.2, -0.15) is 0 Å². The largest absolute Gasteiger partial charge is 0.370 e. The van der Waals surface area contributed by atoms with Crippen LogP contribution in [-0.2, 0) is 11.2 Å². The Kier molecular flexibility index (Phi) is 3.62. The van der Waals surface area contributed by atoms with Gasteiger partial charge in [0, 0.05) is 17.9 Å². The van der Waals surface area contributed by atoms with Crippen LogP contribution >= 0.6 is 0 Å². The molecular weight excluding hydrogens is 216 g/mol. The quantitative estimate of drug-likeness (QED) is 0.852. The summed E-state index contributed by atoms with van der Waals surface area (Å²) in [5.74, 6) is 1.24. The van der Waals surface area contributed by atoms with Gasteiger partial charge in [0.2, 0.25) is 0 Å². The molecule has 0 aliphatic heterocycles. The molecule has 1 aromatic rings. The molecule has 4 nitrogen and oxygen atoms in total. The lowest BCUT2D eigenvalue weighted by Crippen LogP contribution is -2.22. The van der Waals surface area contributed by atoms with Crippen molar-refractivity contribution in [1.82, 2.24) is 9.97 Å². The molecule has 4 heteroatoms. The summed E-state index contributed by atoms with van der Waals surface area (Å²) in [6, 6.07) is 0. The molecule has 1 saturated carbocycles. The van der Waals surface area contributed by atoms with Crippen LogP contribution < -0.4 is 5.56 Å². The van der Waals surface area contributed by atoms with Gasteiger partial charge in [0.25, 0.3) is 5.56 Å². The van der Waals surface area contributed by atoms with Gasteiger partial charge in [-0.3, -0.25) is 4.79 Å². The molecule has 1 aliphatic carbocycles. The van der Waals surface area contributed by atoms with Crippen LogP contribution in [-0.4, -0.2) is 16.6 Å². The normalized spacial score (nSPS) is 17.1. The van der Waals surface area contributed by atoms with Gasteiger partial charge in [-0.05, 0) is 39.0 Å². The van der Waals surface area contributed by atoms with Crippen molar-refractivity contribution < 1.29 is 4.74 Å². The van der Waals surface area contributed by atoms with E-state index in [2.05, 4.69) is 9.97 Å². The van der Waals surface area contributed by atoms with Gasteiger partial charge in [0.05, 0.1) is 0 Å². The molecule has 1 aromatic heterocycles. The number of rotatable bonds is 5. The minimum atomic E-state index is -0.0303. The highest BCUT2D eigenvalue weighted by molar-refractivity contribution is 5.17. The van der Waals surface area contributed by atoms with Crippen LogP contribution in [0.3, 0.4) is 0 Å². The van der Waals surface area contributed by atoms with Gasteiger partial charge in [-0.15, -0.1) is 0 Å². The summed E-state index contributed by atoms with van der Waals surface area (Å²) < 4.78 is 5.70. The van der Waals surface area contributed by atoms with Crippen LogP contribution in [0, 0.1) is 12.8 Å². The molecule has 0 bridgehead atoms. The predicted molar refractivity (Wildman–Crippen MR) is 66.1 cm³/mol. The third-order valence-electron chi connectivity index (χ3n) is 3.26. The third kappa shape index (κ3) is 2.57. The fraction of sp³-hybridized carbons (Fsp3) is 0.692. The first kappa shape index (κ1) is 12.3. The van der Waals surface area contributed by atoms with Crippen molar-refractivity contribution in [1.29, 1.82) is 0 Å². The van der Waals surface area contributed by atoms with Crippen molar-refractivity contribution in [2.24, 2.45) is 5.92 Å². The molecule has 94 valence electrons. The number of H-pyrrole nitrogens is 1. The molecule has 1 unspecified atom stereocenters. The molecule has 1 aliphatic rings. The summed E-state index contributed by atoms with van der Waals surface area (Å²) in [4.78, 5) is 19.3. The molecule has 1 heterocycles. The minimum Gasteiger partial charge on any atom is -0.370 e. The first-order valence-electron chi connectivity index (χ1n) is 6.38. The lowest BCUT2D eigenvalue weighted by Gasteiger charge is -2.16. The molecule has 0 radical (unpaired) electrons. The highest BCUT2D eigenvalue weighted by Crippen LogP contribution is 2.41. The summed E-state index contributed by atoms with van der Waals surface area (Å²) in [7, 11) is 0. The maximum atomic E-state index is 11.9. The Morgan fingerprint density at radius 2 is 2.18 bits per heavy atom. The Balaban J connectivity index is 2.34. The van der Waals surface area contributed by atoms with Crippen LogP contribution in [0.25, 0.3) is 0 Å². The Labute approximate surface area is 101 Å². The van der Waals surface area contributed by atoms with E-state index in [-0.39, 0.29) is 11.7 Å².